The molecule has 108 valence electrons. The third-order valence-electron chi connectivity index (χ3n) is 2.73. The van der Waals surface area contributed by atoms with Crippen molar-refractivity contribution in [3.05, 3.63) is 54.1 Å². The number of hydrogen-bond donors (Lipinski definition) is 1. The van der Waals surface area contributed by atoms with Crippen LogP contribution in [0.4, 0.5) is 5.69 Å². The average Bonchev–Trinajstić information content (AvgIpc) is 2.48. The van der Waals surface area contributed by atoms with Crippen LogP contribution in [0.1, 0.15) is 12.5 Å². The molecule has 0 aliphatic carbocycles. The van der Waals surface area contributed by atoms with Gasteiger partial charge in [-0.1, -0.05) is 24.3 Å². The van der Waals surface area contributed by atoms with E-state index in [0.717, 1.165) is 0 Å². The van der Waals surface area contributed by atoms with E-state index in [2.05, 4.69) is 4.72 Å². The van der Waals surface area contributed by atoms with Crippen molar-refractivity contribution < 1.29 is 13.2 Å². The maximum absolute atomic E-state index is 12.5. The van der Waals surface area contributed by atoms with Crippen LogP contribution in [0.25, 0.3) is 0 Å². The molecule has 0 aliphatic heterocycles. The largest absolute Gasteiger partial charge is 0.492 e. The fourth-order valence-corrected chi connectivity index (χ4v) is 3.04. The molecule has 0 aliphatic rings. The molecule has 21 heavy (non-hydrogen) atoms. The third kappa shape index (κ3) is 3.33. The minimum absolute atomic E-state index is 0.0413. The number of hydrogen-bond acceptors (Lipinski definition) is 4. The summed E-state index contributed by atoms with van der Waals surface area (Å²) >= 11 is 0. The van der Waals surface area contributed by atoms with Crippen molar-refractivity contribution in [1.29, 1.82) is 5.26 Å². The number of nitriles is 1. The minimum atomic E-state index is -3.82. The predicted octanol–water partition coefficient (Wildman–Crippen LogP) is 2.76. The molecule has 0 amide bonds. The molecule has 2 rings (SSSR count). The molecule has 2 aromatic carbocycles. The fraction of sp³-hybridized carbons (Fsp3) is 0.133. The Hall–Kier alpha value is -2.52. The summed E-state index contributed by atoms with van der Waals surface area (Å²) in [4.78, 5) is 0.0413. The van der Waals surface area contributed by atoms with Crippen LogP contribution in [0.15, 0.2) is 53.4 Å². The van der Waals surface area contributed by atoms with E-state index in [-0.39, 0.29) is 21.9 Å². The van der Waals surface area contributed by atoms with E-state index >= 15 is 0 Å². The van der Waals surface area contributed by atoms with Crippen molar-refractivity contribution in [2.45, 2.75) is 11.8 Å². The molecule has 5 nitrogen and oxygen atoms in total. The van der Waals surface area contributed by atoms with E-state index in [9.17, 15) is 8.42 Å². The SMILES string of the molecule is CCOc1ccccc1S(=O)(=O)Nc1ccccc1C#N. The Bertz CT molecular complexity index is 780. The zero-order valence-corrected chi connectivity index (χ0v) is 12.2. The first-order valence-electron chi connectivity index (χ1n) is 6.32. The average molecular weight is 302 g/mol. The summed E-state index contributed by atoms with van der Waals surface area (Å²) in [6.07, 6.45) is 0. The van der Waals surface area contributed by atoms with E-state index in [4.69, 9.17) is 10.00 Å². The Kier molecular flexibility index (Phi) is 4.45. The first kappa shape index (κ1) is 14.9. The van der Waals surface area contributed by atoms with Gasteiger partial charge in [0, 0.05) is 0 Å². The monoisotopic (exact) mass is 302 g/mol. The van der Waals surface area contributed by atoms with Crippen molar-refractivity contribution in [3.63, 3.8) is 0 Å². The van der Waals surface area contributed by atoms with Crippen LogP contribution < -0.4 is 9.46 Å². The molecule has 0 fully saturated rings. The van der Waals surface area contributed by atoms with E-state index < -0.39 is 10.0 Å². The summed E-state index contributed by atoms with van der Waals surface area (Å²) in [5.41, 5.74) is 0.501. The number of rotatable bonds is 5. The van der Waals surface area contributed by atoms with Crippen molar-refractivity contribution in [2.24, 2.45) is 0 Å². The van der Waals surface area contributed by atoms with Gasteiger partial charge >= 0.3 is 0 Å². The van der Waals surface area contributed by atoms with Gasteiger partial charge in [0.2, 0.25) is 0 Å². The molecule has 0 unspecified atom stereocenters. The first-order valence-corrected chi connectivity index (χ1v) is 7.80. The molecule has 6 heteroatoms. The summed E-state index contributed by atoms with van der Waals surface area (Å²) in [6.45, 7) is 2.14. The zero-order valence-electron chi connectivity index (χ0n) is 11.4. The van der Waals surface area contributed by atoms with Crippen LogP contribution in [-0.4, -0.2) is 15.0 Å². The quantitative estimate of drug-likeness (QED) is 0.921. The number of anilines is 1. The van der Waals surface area contributed by atoms with Gasteiger partial charge < -0.3 is 4.74 Å². The number of benzene rings is 2. The van der Waals surface area contributed by atoms with Gasteiger partial charge in [0.15, 0.2) is 0 Å². The van der Waals surface area contributed by atoms with Gasteiger partial charge in [0.1, 0.15) is 16.7 Å². The zero-order chi connectivity index (χ0) is 15.3. The maximum atomic E-state index is 12.5. The van der Waals surface area contributed by atoms with Crippen molar-refractivity contribution in [1.82, 2.24) is 0 Å². The van der Waals surface area contributed by atoms with Gasteiger partial charge in [0.25, 0.3) is 10.0 Å². The second kappa shape index (κ2) is 6.29. The molecular formula is C15H14N2O3S. The van der Waals surface area contributed by atoms with Crippen LogP contribution in [0.5, 0.6) is 5.75 Å². The number of para-hydroxylation sites is 2. The maximum Gasteiger partial charge on any atom is 0.265 e. The van der Waals surface area contributed by atoms with Crippen LogP contribution >= 0.6 is 0 Å². The first-order chi connectivity index (χ1) is 10.1. The molecule has 0 saturated heterocycles. The molecule has 2 aromatic rings. The number of sulfonamides is 1. The predicted molar refractivity (Wildman–Crippen MR) is 79.6 cm³/mol. The summed E-state index contributed by atoms with van der Waals surface area (Å²) in [6, 6.07) is 14.7. The lowest BCUT2D eigenvalue weighted by Gasteiger charge is -2.13. The minimum Gasteiger partial charge on any atom is -0.492 e. The van der Waals surface area contributed by atoms with Crippen molar-refractivity contribution in [2.75, 3.05) is 11.3 Å². The number of nitrogens with one attached hydrogen (secondary N) is 1. The van der Waals surface area contributed by atoms with Crippen molar-refractivity contribution >= 4 is 15.7 Å². The number of nitrogens with zero attached hydrogens (tertiary/aromatic N) is 1. The molecule has 0 bridgehead atoms. The highest BCUT2D eigenvalue weighted by atomic mass is 32.2. The molecule has 0 heterocycles. The number of ether oxygens (including phenoxy) is 1. The van der Waals surface area contributed by atoms with Gasteiger partial charge in [-0.25, -0.2) is 8.42 Å². The topological polar surface area (TPSA) is 79.2 Å². The smallest absolute Gasteiger partial charge is 0.265 e. The van der Waals surface area contributed by atoms with E-state index in [1.54, 1.807) is 49.4 Å². The van der Waals surface area contributed by atoms with Gasteiger partial charge in [-0.3, -0.25) is 4.72 Å². The van der Waals surface area contributed by atoms with E-state index in [1.807, 2.05) is 6.07 Å². The Morgan fingerprint density at radius 3 is 2.52 bits per heavy atom. The highest BCUT2D eigenvalue weighted by molar-refractivity contribution is 7.92. The lowest BCUT2D eigenvalue weighted by atomic mass is 10.2. The van der Waals surface area contributed by atoms with Gasteiger partial charge in [-0.05, 0) is 31.2 Å². The Balaban J connectivity index is 2.42. The molecule has 0 radical (unpaired) electrons. The molecule has 0 spiro atoms. The summed E-state index contributed by atoms with van der Waals surface area (Å²) in [7, 11) is -3.82. The Morgan fingerprint density at radius 1 is 1.14 bits per heavy atom. The van der Waals surface area contributed by atoms with Gasteiger partial charge in [0.05, 0.1) is 17.9 Å². The molecule has 0 atom stereocenters. The molecule has 0 aromatic heterocycles. The van der Waals surface area contributed by atoms with Crippen LogP contribution in [-0.2, 0) is 10.0 Å². The standard InChI is InChI=1S/C15H14N2O3S/c1-2-20-14-9-5-6-10-15(14)21(18,19)17-13-8-4-3-7-12(13)11-16/h3-10,17H,2H2,1H3. The van der Waals surface area contributed by atoms with Crippen molar-refractivity contribution in [3.8, 4) is 11.8 Å². The second-order valence-corrected chi connectivity index (χ2v) is 5.79. The van der Waals surface area contributed by atoms with Gasteiger partial charge in [-0.2, -0.15) is 5.26 Å². The molecule has 0 saturated carbocycles. The lowest BCUT2D eigenvalue weighted by molar-refractivity contribution is 0.331. The van der Waals surface area contributed by atoms with E-state index in [0.29, 0.717) is 6.61 Å². The van der Waals surface area contributed by atoms with Crippen LogP contribution in [0.2, 0.25) is 0 Å². The van der Waals surface area contributed by atoms with Gasteiger partial charge in [-0.15, -0.1) is 0 Å². The third-order valence-corrected chi connectivity index (χ3v) is 4.14. The second-order valence-electron chi connectivity index (χ2n) is 4.14. The summed E-state index contributed by atoms with van der Waals surface area (Å²) in [5.74, 6) is 0.280. The summed E-state index contributed by atoms with van der Waals surface area (Å²) < 4.78 is 32.7. The highest BCUT2D eigenvalue weighted by Gasteiger charge is 2.20. The highest BCUT2D eigenvalue weighted by Crippen LogP contribution is 2.26. The normalized spacial score (nSPS) is 10.7. The van der Waals surface area contributed by atoms with Crippen LogP contribution in [0, 0.1) is 11.3 Å². The lowest BCUT2D eigenvalue weighted by Crippen LogP contribution is -2.15. The van der Waals surface area contributed by atoms with E-state index in [1.165, 1.54) is 6.07 Å². The molecular weight excluding hydrogens is 288 g/mol. The Morgan fingerprint density at radius 2 is 1.81 bits per heavy atom. The summed E-state index contributed by atoms with van der Waals surface area (Å²) in [5, 5.41) is 9.02. The van der Waals surface area contributed by atoms with Crippen LogP contribution in [0.3, 0.4) is 0 Å². The Labute approximate surface area is 123 Å². The fourth-order valence-electron chi connectivity index (χ4n) is 1.82. The molecule has 1 N–H and O–H groups in total.